The van der Waals surface area contributed by atoms with Gasteiger partial charge in [0.05, 0.1) is 13.2 Å². The van der Waals surface area contributed by atoms with Gasteiger partial charge in [-0.2, -0.15) is 0 Å². The van der Waals surface area contributed by atoms with Crippen molar-refractivity contribution in [3.63, 3.8) is 0 Å². The molecule has 0 atom stereocenters. The molecule has 0 radical (unpaired) electrons. The minimum absolute atomic E-state index is 0.375. The van der Waals surface area contributed by atoms with Gasteiger partial charge in [0.25, 0.3) is 0 Å². The third-order valence-corrected chi connectivity index (χ3v) is 4.28. The summed E-state index contributed by atoms with van der Waals surface area (Å²) < 4.78 is 11.1. The lowest BCUT2D eigenvalue weighted by Gasteiger charge is -2.33. The largest absolute Gasteiger partial charge is 0.385 e. The predicted molar refractivity (Wildman–Crippen MR) is 71.4 cm³/mol. The zero-order valence-corrected chi connectivity index (χ0v) is 11.5. The maximum atomic E-state index is 10.8. The molecule has 18 heavy (non-hydrogen) atoms. The van der Waals surface area contributed by atoms with E-state index in [-0.39, 0.29) is 6.29 Å². The van der Waals surface area contributed by atoms with Crippen molar-refractivity contribution in [1.82, 2.24) is 0 Å². The summed E-state index contributed by atoms with van der Waals surface area (Å²) in [4.78, 5) is 0. The van der Waals surface area contributed by atoms with Gasteiger partial charge in [-0.1, -0.05) is 57.8 Å². The van der Waals surface area contributed by atoms with Gasteiger partial charge in [-0.05, 0) is 12.8 Å². The molecule has 0 aromatic carbocycles. The second-order valence-electron chi connectivity index (χ2n) is 5.86. The molecular formula is C15H28O3. The fraction of sp³-hybridized carbons (Fsp3) is 1.00. The fourth-order valence-corrected chi connectivity index (χ4v) is 3.13. The molecule has 0 aromatic heterocycles. The quantitative estimate of drug-likeness (QED) is 0.781. The first-order valence-corrected chi connectivity index (χ1v) is 7.77. The van der Waals surface area contributed by atoms with Crippen LogP contribution in [-0.2, 0) is 9.47 Å². The molecular weight excluding hydrogens is 228 g/mol. The minimum Gasteiger partial charge on any atom is -0.385 e. The van der Waals surface area contributed by atoms with Crippen molar-refractivity contribution in [2.75, 3.05) is 13.2 Å². The van der Waals surface area contributed by atoms with E-state index in [2.05, 4.69) is 0 Å². The van der Waals surface area contributed by atoms with Crippen LogP contribution in [0.25, 0.3) is 0 Å². The molecule has 0 amide bonds. The Morgan fingerprint density at radius 3 is 1.50 bits per heavy atom. The molecule has 2 fully saturated rings. The molecule has 0 bridgehead atoms. The van der Waals surface area contributed by atoms with Crippen molar-refractivity contribution in [2.45, 2.75) is 82.5 Å². The maximum Gasteiger partial charge on any atom is 0.186 e. The Balaban J connectivity index is 1.87. The van der Waals surface area contributed by atoms with Gasteiger partial charge in [-0.3, -0.25) is 0 Å². The molecule has 2 aliphatic rings. The van der Waals surface area contributed by atoms with E-state index in [0.29, 0.717) is 13.2 Å². The molecule has 0 unspecified atom stereocenters. The molecule has 1 saturated heterocycles. The van der Waals surface area contributed by atoms with Crippen LogP contribution in [-0.4, -0.2) is 30.2 Å². The summed E-state index contributed by atoms with van der Waals surface area (Å²) in [5, 5.41) is 10.8. The Labute approximate surface area is 111 Å². The first-order valence-electron chi connectivity index (χ1n) is 7.77. The standard InChI is InChI=1S/C15H28O3/c16-15(14-17-12-13-18-14)10-8-6-4-2-1-3-5-7-9-11-15/h14,16H,1-13H2. The minimum atomic E-state index is -0.740. The van der Waals surface area contributed by atoms with Crippen LogP contribution < -0.4 is 0 Å². The van der Waals surface area contributed by atoms with Crippen molar-refractivity contribution in [2.24, 2.45) is 0 Å². The molecule has 3 heteroatoms. The number of ether oxygens (including phenoxy) is 2. The van der Waals surface area contributed by atoms with Crippen LogP contribution in [0.5, 0.6) is 0 Å². The van der Waals surface area contributed by atoms with Crippen molar-refractivity contribution < 1.29 is 14.6 Å². The third-order valence-electron chi connectivity index (χ3n) is 4.28. The normalized spacial score (nSPS) is 28.5. The van der Waals surface area contributed by atoms with Crippen LogP contribution in [0.4, 0.5) is 0 Å². The third kappa shape index (κ3) is 4.22. The Bertz CT molecular complexity index is 212. The van der Waals surface area contributed by atoms with Crippen molar-refractivity contribution in [3.8, 4) is 0 Å². The van der Waals surface area contributed by atoms with Crippen molar-refractivity contribution >= 4 is 0 Å². The van der Waals surface area contributed by atoms with Crippen molar-refractivity contribution in [1.29, 1.82) is 0 Å². The lowest BCUT2D eigenvalue weighted by atomic mass is 9.88. The van der Waals surface area contributed by atoms with E-state index in [1.165, 1.54) is 44.9 Å². The van der Waals surface area contributed by atoms with Gasteiger partial charge < -0.3 is 14.6 Å². The van der Waals surface area contributed by atoms with Crippen LogP contribution in [0, 0.1) is 0 Å². The highest BCUT2D eigenvalue weighted by molar-refractivity contribution is 4.84. The number of aliphatic hydroxyl groups is 1. The van der Waals surface area contributed by atoms with Gasteiger partial charge in [-0.15, -0.1) is 0 Å². The number of rotatable bonds is 1. The second-order valence-corrected chi connectivity index (χ2v) is 5.86. The average molecular weight is 256 g/mol. The first kappa shape index (κ1) is 14.3. The SMILES string of the molecule is OC1(C2OCCO2)CCCCCCCCCCC1. The van der Waals surface area contributed by atoms with Gasteiger partial charge in [0.15, 0.2) is 6.29 Å². The molecule has 106 valence electrons. The molecule has 1 aliphatic carbocycles. The van der Waals surface area contributed by atoms with Crippen LogP contribution >= 0.6 is 0 Å². The molecule has 1 heterocycles. The van der Waals surface area contributed by atoms with E-state index in [1.54, 1.807) is 0 Å². The summed E-state index contributed by atoms with van der Waals surface area (Å²) in [7, 11) is 0. The highest BCUT2D eigenvalue weighted by Gasteiger charge is 2.39. The van der Waals surface area contributed by atoms with E-state index in [0.717, 1.165) is 25.7 Å². The number of hydrogen-bond donors (Lipinski definition) is 1. The summed E-state index contributed by atoms with van der Waals surface area (Å²) in [5.74, 6) is 0. The Morgan fingerprint density at radius 1 is 0.667 bits per heavy atom. The fourth-order valence-electron chi connectivity index (χ4n) is 3.13. The summed E-state index contributed by atoms with van der Waals surface area (Å²) in [6, 6.07) is 0. The summed E-state index contributed by atoms with van der Waals surface area (Å²) in [5.41, 5.74) is -0.740. The van der Waals surface area contributed by atoms with Crippen LogP contribution in [0.15, 0.2) is 0 Å². The molecule has 2 rings (SSSR count). The molecule has 1 aliphatic heterocycles. The summed E-state index contributed by atoms with van der Waals surface area (Å²) in [6.07, 6.45) is 12.7. The van der Waals surface area contributed by atoms with Crippen LogP contribution in [0.2, 0.25) is 0 Å². The van der Waals surface area contributed by atoms with E-state index in [1.807, 2.05) is 0 Å². The summed E-state index contributed by atoms with van der Waals surface area (Å²) >= 11 is 0. The highest BCUT2D eigenvalue weighted by atomic mass is 16.7. The molecule has 0 aromatic rings. The molecule has 3 nitrogen and oxygen atoms in total. The Morgan fingerprint density at radius 2 is 1.06 bits per heavy atom. The summed E-state index contributed by atoms with van der Waals surface area (Å²) in [6.45, 7) is 1.26. The average Bonchev–Trinajstić information content (AvgIpc) is 2.88. The van der Waals surface area contributed by atoms with Crippen molar-refractivity contribution in [3.05, 3.63) is 0 Å². The van der Waals surface area contributed by atoms with Gasteiger partial charge in [0, 0.05) is 0 Å². The monoisotopic (exact) mass is 256 g/mol. The van der Waals surface area contributed by atoms with E-state index in [9.17, 15) is 5.11 Å². The van der Waals surface area contributed by atoms with Gasteiger partial charge in [-0.25, -0.2) is 0 Å². The topological polar surface area (TPSA) is 38.7 Å². The smallest absolute Gasteiger partial charge is 0.186 e. The lowest BCUT2D eigenvalue weighted by Crippen LogP contribution is -2.43. The second kappa shape index (κ2) is 7.46. The molecule has 0 spiro atoms. The van der Waals surface area contributed by atoms with E-state index in [4.69, 9.17) is 9.47 Å². The maximum absolute atomic E-state index is 10.8. The van der Waals surface area contributed by atoms with Gasteiger partial charge >= 0.3 is 0 Å². The number of hydrogen-bond acceptors (Lipinski definition) is 3. The Hall–Kier alpha value is -0.120. The van der Waals surface area contributed by atoms with Crippen LogP contribution in [0.3, 0.4) is 0 Å². The lowest BCUT2D eigenvalue weighted by molar-refractivity contribution is -0.188. The van der Waals surface area contributed by atoms with E-state index < -0.39 is 5.60 Å². The first-order chi connectivity index (χ1) is 8.81. The highest BCUT2D eigenvalue weighted by Crippen LogP contribution is 2.31. The zero-order chi connectivity index (χ0) is 12.7. The predicted octanol–water partition coefficient (Wildman–Crippen LogP) is 3.40. The Kier molecular flexibility index (Phi) is 5.93. The van der Waals surface area contributed by atoms with Crippen LogP contribution in [0.1, 0.15) is 70.6 Å². The van der Waals surface area contributed by atoms with Gasteiger partial charge in [0.2, 0.25) is 0 Å². The molecule has 1 N–H and O–H groups in total. The van der Waals surface area contributed by atoms with Gasteiger partial charge in [0.1, 0.15) is 5.60 Å². The molecule has 1 saturated carbocycles. The van der Waals surface area contributed by atoms with E-state index >= 15 is 0 Å². The zero-order valence-electron chi connectivity index (χ0n) is 11.5.